The molecular weight excluding hydrogens is 208 g/mol. The lowest BCUT2D eigenvalue weighted by molar-refractivity contribution is -0.385. The SMILES string of the molecule is Cc1cc([N+](=O)[O-])c(C#N)c(C(F)F)n1. The van der Waals surface area contributed by atoms with Crippen molar-refractivity contribution in [1.82, 2.24) is 4.98 Å². The van der Waals surface area contributed by atoms with Crippen molar-refractivity contribution >= 4 is 5.69 Å². The van der Waals surface area contributed by atoms with E-state index in [4.69, 9.17) is 5.26 Å². The Labute approximate surface area is 83.1 Å². The Bertz CT molecular complexity index is 454. The molecule has 0 unspecified atom stereocenters. The zero-order valence-corrected chi connectivity index (χ0v) is 7.57. The fourth-order valence-electron chi connectivity index (χ4n) is 1.10. The number of nitriles is 1. The maximum absolute atomic E-state index is 12.4. The van der Waals surface area contributed by atoms with Crippen LogP contribution < -0.4 is 0 Å². The standard InChI is InChI=1S/C8H5F2N3O2/c1-4-2-6(13(14)15)5(3-11)7(12-4)8(9)10/h2,8H,1H3. The molecule has 5 nitrogen and oxygen atoms in total. The highest BCUT2D eigenvalue weighted by Gasteiger charge is 2.25. The van der Waals surface area contributed by atoms with Crippen LogP contribution in [0.15, 0.2) is 6.07 Å². The molecule has 0 bridgehead atoms. The second-order valence-electron chi connectivity index (χ2n) is 2.71. The van der Waals surface area contributed by atoms with Gasteiger partial charge in [0.1, 0.15) is 11.8 Å². The molecule has 0 saturated heterocycles. The van der Waals surface area contributed by atoms with E-state index in [0.717, 1.165) is 6.07 Å². The van der Waals surface area contributed by atoms with E-state index in [1.54, 1.807) is 0 Å². The first-order valence-corrected chi connectivity index (χ1v) is 3.81. The number of pyridine rings is 1. The summed E-state index contributed by atoms with van der Waals surface area (Å²) in [5.74, 6) is 0. The summed E-state index contributed by atoms with van der Waals surface area (Å²) in [5, 5.41) is 19.0. The van der Waals surface area contributed by atoms with Crippen LogP contribution in [0.4, 0.5) is 14.5 Å². The zero-order chi connectivity index (χ0) is 11.6. The Morgan fingerprint density at radius 1 is 1.67 bits per heavy atom. The predicted octanol–water partition coefficient (Wildman–Crippen LogP) is 2.11. The number of halogens is 2. The van der Waals surface area contributed by atoms with E-state index >= 15 is 0 Å². The number of nitrogens with zero attached hydrogens (tertiary/aromatic N) is 3. The average molecular weight is 213 g/mol. The molecule has 0 saturated carbocycles. The monoisotopic (exact) mass is 213 g/mol. The van der Waals surface area contributed by atoms with Gasteiger partial charge in [-0.3, -0.25) is 15.1 Å². The van der Waals surface area contributed by atoms with Gasteiger partial charge in [-0.05, 0) is 6.92 Å². The van der Waals surface area contributed by atoms with E-state index in [0.29, 0.717) is 0 Å². The zero-order valence-electron chi connectivity index (χ0n) is 7.57. The molecule has 0 amide bonds. The van der Waals surface area contributed by atoms with Crippen LogP contribution in [0, 0.1) is 28.4 Å². The Balaban J connectivity index is 3.54. The minimum Gasteiger partial charge on any atom is -0.258 e. The molecular formula is C8H5F2N3O2. The van der Waals surface area contributed by atoms with Crippen molar-refractivity contribution in [3.05, 3.63) is 33.1 Å². The average Bonchev–Trinajstić information content (AvgIpc) is 2.16. The summed E-state index contributed by atoms with van der Waals surface area (Å²) in [6.07, 6.45) is -3.00. The number of hydrogen-bond acceptors (Lipinski definition) is 4. The molecule has 0 N–H and O–H groups in total. The molecule has 0 radical (unpaired) electrons. The molecule has 7 heteroatoms. The van der Waals surface area contributed by atoms with Crippen LogP contribution in [-0.4, -0.2) is 9.91 Å². The third-order valence-corrected chi connectivity index (χ3v) is 1.67. The fourth-order valence-corrected chi connectivity index (χ4v) is 1.10. The molecule has 0 aromatic carbocycles. The summed E-state index contributed by atoms with van der Waals surface area (Å²) in [6, 6.07) is 2.36. The van der Waals surface area contributed by atoms with Crippen molar-refractivity contribution in [1.29, 1.82) is 5.26 Å². The van der Waals surface area contributed by atoms with E-state index < -0.39 is 28.3 Å². The number of nitro groups is 1. The van der Waals surface area contributed by atoms with Crippen molar-refractivity contribution in [3.63, 3.8) is 0 Å². The van der Waals surface area contributed by atoms with Gasteiger partial charge in [0.15, 0.2) is 5.56 Å². The number of rotatable bonds is 2. The van der Waals surface area contributed by atoms with E-state index in [9.17, 15) is 18.9 Å². The summed E-state index contributed by atoms with van der Waals surface area (Å²) >= 11 is 0. The highest BCUT2D eigenvalue weighted by atomic mass is 19.3. The topological polar surface area (TPSA) is 79.8 Å². The highest BCUT2D eigenvalue weighted by molar-refractivity contribution is 5.52. The predicted molar refractivity (Wildman–Crippen MR) is 45.3 cm³/mol. The van der Waals surface area contributed by atoms with Crippen LogP contribution in [0.3, 0.4) is 0 Å². The van der Waals surface area contributed by atoms with E-state index in [1.165, 1.54) is 13.0 Å². The third-order valence-electron chi connectivity index (χ3n) is 1.67. The van der Waals surface area contributed by atoms with Crippen LogP contribution in [-0.2, 0) is 0 Å². The van der Waals surface area contributed by atoms with Gasteiger partial charge >= 0.3 is 0 Å². The first-order chi connectivity index (χ1) is 6.97. The molecule has 1 heterocycles. The molecule has 78 valence electrons. The fraction of sp³-hybridized carbons (Fsp3) is 0.250. The Morgan fingerprint density at radius 3 is 2.67 bits per heavy atom. The van der Waals surface area contributed by atoms with Crippen molar-refractivity contribution in [3.8, 4) is 6.07 Å². The second kappa shape index (κ2) is 3.96. The quantitative estimate of drug-likeness (QED) is 0.556. The number of aryl methyl sites for hydroxylation is 1. The van der Waals surface area contributed by atoms with Crippen LogP contribution in [0.1, 0.15) is 23.4 Å². The van der Waals surface area contributed by atoms with Crippen LogP contribution in [0.5, 0.6) is 0 Å². The first kappa shape index (κ1) is 11.0. The van der Waals surface area contributed by atoms with Gasteiger partial charge in [-0.15, -0.1) is 0 Å². The van der Waals surface area contributed by atoms with Gasteiger partial charge in [0, 0.05) is 11.8 Å². The van der Waals surface area contributed by atoms with Gasteiger partial charge in [-0.25, -0.2) is 8.78 Å². The first-order valence-electron chi connectivity index (χ1n) is 3.81. The van der Waals surface area contributed by atoms with Crippen LogP contribution in [0.25, 0.3) is 0 Å². The molecule has 15 heavy (non-hydrogen) atoms. The lowest BCUT2D eigenvalue weighted by atomic mass is 10.1. The minimum atomic E-state index is -3.00. The summed E-state index contributed by atoms with van der Waals surface area (Å²) in [7, 11) is 0. The largest absolute Gasteiger partial charge is 0.290 e. The summed E-state index contributed by atoms with van der Waals surface area (Å²) in [5.41, 5.74) is -2.08. The summed E-state index contributed by atoms with van der Waals surface area (Å²) < 4.78 is 24.8. The van der Waals surface area contributed by atoms with E-state index in [1.807, 2.05) is 0 Å². The lowest BCUT2D eigenvalue weighted by Gasteiger charge is -2.03. The van der Waals surface area contributed by atoms with E-state index in [-0.39, 0.29) is 5.69 Å². The molecule has 0 fully saturated rings. The van der Waals surface area contributed by atoms with Crippen molar-refractivity contribution < 1.29 is 13.7 Å². The molecule has 0 aliphatic heterocycles. The minimum absolute atomic E-state index is 0.0796. The van der Waals surface area contributed by atoms with Crippen LogP contribution in [0.2, 0.25) is 0 Å². The molecule has 0 spiro atoms. The van der Waals surface area contributed by atoms with Gasteiger partial charge in [0.05, 0.1) is 4.92 Å². The van der Waals surface area contributed by atoms with Gasteiger partial charge < -0.3 is 0 Å². The van der Waals surface area contributed by atoms with Gasteiger partial charge in [-0.2, -0.15) is 5.26 Å². The molecule has 1 aromatic rings. The maximum atomic E-state index is 12.4. The molecule has 1 aromatic heterocycles. The highest BCUT2D eigenvalue weighted by Crippen LogP contribution is 2.28. The van der Waals surface area contributed by atoms with Gasteiger partial charge in [0.2, 0.25) is 0 Å². The molecule has 0 aliphatic rings. The van der Waals surface area contributed by atoms with Crippen LogP contribution >= 0.6 is 0 Å². The number of aromatic nitrogens is 1. The Hall–Kier alpha value is -2.10. The third kappa shape index (κ3) is 2.04. The molecule has 0 atom stereocenters. The maximum Gasteiger partial charge on any atom is 0.290 e. The molecule has 0 aliphatic carbocycles. The Morgan fingerprint density at radius 2 is 2.27 bits per heavy atom. The summed E-state index contributed by atoms with van der Waals surface area (Å²) in [6.45, 7) is 1.35. The molecule has 1 rings (SSSR count). The van der Waals surface area contributed by atoms with Gasteiger partial charge in [-0.1, -0.05) is 0 Å². The van der Waals surface area contributed by atoms with Crippen molar-refractivity contribution in [2.45, 2.75) is 13.3 Å². The smallest absolute Gasteiger partial charge is 0.258 e. The lowest BCUT2D eigenvalue weighted by Crippen LogP contribution is -2.02. The summed E-state index contributed by atoms with van der Waals surface area (Å²) in [4.78, 5) is 13.0. The normalized spacial score (nSPS) is 10.1. The van der Waals surface area contributed by atoms with Crippen molar-refractivity contribution in [2.24, 2.45) is 0 Å². The van der Waals surface area contributed by atoms with E-state index in [2.05, 4.69) is 4.98 Å². The number of hydrogen-bond donors (Lipinski definition) is 0. The number of alkyl halides is 2. The Kier molecular flexibility index (Phi) is 2.90. The second-order valence-corrected chi connectivity index (χ2v) is 2.71. The van der Waals surface area contributed by atoms with Gasteiger partial charge in [0.25, 0.3) is 12.1 Å². The van der Waals surface area contributed by atoms with Crippen molar-refractivity contribution in [2.75, 3.05) is 0 Å².